The Morgan fingerprint density at radius 3 is 2.56 bits per heavy atom. The van der Waals surface area contributed by atoms with Gasteiger partial charge >= 0.3 is 0 Å². The zero-order valence-electron chi connectivity index (χ0n) is 10.3. The van der Waals surface area contributed by atoms with E-state index in [-0.39, 0.29) is 10.6 Å². The van der Waals surface area contributed by atoms with Crippen LogP contribution in [0, 0.1) is 10.1 Å². The number of nitrogens with one attached hydrogen (secondary N) is 2. The van der Waals surface area contributed by atoms with Crippen molar-refractivity contribution < 1.29 is 4.92 Å². The van der Waals surface area contributed by atoms with Crippen LogP contribution in [0.4, 0.5) is 11.4 Å². The van der Waals surface area contributed by atoms with Crippen LogP contribution in [0.5, 0.6) is 0 Å². The van der Waals surface area contributed by atoms with Crippen molar-refractivity contribution in [3.63, 3.8) is 0 Å². The average Bonchev–Trinajstić information content (AvgIpc) is 2.40. The molecule has 1 aromatic rings. The van der Waals surface area contributed by atoms with E-state index < -0.39 is 0 Å². The summed E-state index contributed by atoms with van der Waals surface area (Å²) in [6, 6.07) is 6.53. The number of piperazine rings is 1. The Morgan fingerprint density at radius 2 is 1.94 bits per heavy atom. The van der Waals surface area contributed by atoms with Crippen molar-refractivity contribution in [1.29, 1.82) is 0 Å². The molecule has 0 spiro atoms. The van der Waals surface area contributed by atoms with Gasteiger partial charge in [-0.05, 0) is 12.1 Å². The molecule has 0 aromatic heterocycles. The second kappa shape index (κ2) is 6.32. The molecule has 98 valence electrons. The normalized spacial score (nSPS) is 16.4. The molecule has 6 heteroatoms. The molecule has 0 unspecified atom stereocenters. The molecule has 0 aliphatic carbocycles. The SMILES string of the molecule is O=[N+]([O-])c1ccc(NCCN2CCNCC2)cc1. The van der Waals surface area contributed by atoms with Crippen molar-refractivity contribution in [1.82, 2.24) is 10.2 Å². The lowest BCUT2D eigenvalue weighted by atomic mass is 10.3. The lowest BCUT2D eigenvalue weighted by molar-refractivity contribution is -0.384. The summed E-state index contributed by atoms with van der Waals surface area (Å²) >= 11 is 0. The number of nitro groups is 1. The lowest BCUT2D eigenvalue weighted by Gasteiger charge is -2.27. The van der Waals surface area contributed by atoms with Gasteiger partial charge in [-0.1, -0.05) is 0 Å². The van der Waals surface area contributed by atoms with Gasteiger partial charge in [-0.3, -0.25) is 15.0 Å². The number of hydrogen-bond donors (Lipinski definition) is 2. The monoisotopic (exact) mass is 250 g/mol. The molecule has 1 aromatic carbocycles. The molecule has 2 rings (SSSR count). The number of rotatable bonds is 5. The van der Waals surface area contributed by atoms with Crippen molar-refractivity contribution in [3.8, 4) is 0 Å². The molecule has 1 heterocycles. The molecule has 1 aliphatic rings. The highest BCUT2D eigenvalue weighted by molar-refractivity contribution is 5.48. The van der Waals surface area contributed by atoms with Crippen LogP contribution in [0.2, 0.25) is 0 Å². The molecule has 18 heavy (non-hydrogen) atoms. The van der Waals surface area contributed by atoms with E-state index in [9.17, 15) is 10.1 Å². The van der Waals surface area contributed by atoms with Gasteiger partial charge in [0.25, 0.3) is 5.69 Å². The largest absolute Gasteiger partial charge is 0.384 e. The van der Waals surface area contributed by atoms with Gasteiger partial charge in [0.15, 0.2) is 0 Å². The standard InChI is InChI=1S/C12H18N4O2/c17-16(18)12-3-1-11(2-4-12)14-7-10-15-8-5-13-6-9-15/h1-4,13-14H,5-10H2. The van der Waals surface area contributed by atoms with E-state index in [2.05, 4.69) is 15.5 Å². The Hall–Kier alpha value is -1.66. The van der Waals surface area contributed by atoms with Crippen LogP contribution in [0.25, 0.3) is 0 Å². The van der Waals surface area contributed by atoms with E-state index in [1.165, 1.54) is 12.1 Å². The zero-order chi connectivity index (χ0) is 12.8. The summed E-state index contributed by atoms with van der Waals surface area (Å²) in [5, 5.41) is 17.1. The van der Waals surface area contributed by atoms with Crippen LogP contribution in [0.1, 0.15) is 0 Å². The van der Waals surface area contributed by atoms with Gasteiger partial charge < -0.3 is 10.6 Å². The number of nitrogens with zero attached hydrogens (tertiary/aromatic N) is 2. The van der Waals surface area contributed by atoms with Gasteiger partial charge in [-0.25, -0.2) is 0 Å². The maximum atomic E-state index is 10.5. The fraction of sp³-hybridized carbons (Fsp3) is 0.500. The molecule has 2 N–H and O–H groups in total. The predicted octanol–water partition coefficient (Wildman–Crippen LogP) is 0.912. The van der Waals surface area contributed by atoms with Gasteiger partial charge in [-0.2, -0.15) is 0 Å². The van der Waals surface area contributed by atoms with E-state index >= 15 is 0 Å². The number of hydrogen-bond acceptors (Lipinski definition) is 5. The Bertz CT molecular complexity index is 388. The summed E-state index contributed by atoms with van der Waals surface area (Å²) in [4.78, 5) is 12.5. The molecule has 1 fully saturated rings. The summed E-state index contributed by atoms with van der Waals surface area (Å²) in [6.45, 7) is 6.13. The first-order valence-corrected chi connectivity index (χ1v) is 6.17. The fourth-order valence-electron chi connectivity index (χ4n) is 1.99. The Morgan fingerprint density at radius 1 is 1.28 bits per heavy atom. The van der Waals surface area contributed by atoms with Gasteiger partial charge in [0.2, 0.25) is 0 Å². The molecular weight excluding hydrogens is 232 g/mol. The molecule has 0 atom stereocenters. The third-order valence-electron chi connectivity index (χ3n) is 3.04. The highest BCUT2D eigenvalue weighted by Crippen LogP contribution is 2.14. The summed E-state index contributed by atoms with van der Waals surface area (Å²) < 4.78 is 0. The number of anilines is 1. The molecular formula is C12H18N4O2. The maximum absolute atomic E-state index is 10.5. The minimum Gasteiger partial charge on any atom is -0.384 e. The zero-order valence-corrected chi connectivity index (χ0v) is 10.3. The average molecular weight is 250 g/mol. The maximum Gasteiger partial charge on any atom is 0.269 e. The van der Waals surface area contributed by atoms with Gasteiger partial charge in [0, 0.05) is 57.1 Å². The van der Waals surface area contributed by atoms with Crippen molar-refractivity contribution in [2.24, 2.45) is 0 Å². The van der Waals surface area contributed by atoms with E-state index in [1.54, 1.807) is 12.1 Å². The Kier molecular flexibility index (Phi) is 4.49. The molecule has 1 saturated heterocycles. The first-order chi connectivity index (χ1) is 8.75. The third kappa shape index (κ3) is 3.68. The van der Waals surface area contributed by atoms with Crippen molar-refractivity contribution >= 4 is 11.4 Å². The minimum atomic E-state index is -0.384. The first-order valence-electron chi connectivity index (χ1n) is 6.17. The molecule has 1 aliphatic heterocycles. The smallest absolute Gasteiger partial charge is 0.269 e. The summed E-state index contributed by atoms with van der Waals surface area (Å²) in [5.41, 5.74) is 1.05. The van der Waals surface area contributed by atoms with E-state index in [1.807, 2.05) is 0 Å². The molecule has 0 bridgehead atoms. The Labute approximate surface area is 106 Å². The second-order valence-corrected chi connectivity index (χ2v) is 4.32. The third-order valence-corrected chi connectivity index (χ3v) is 3.04. The van der Waals surface area contributed by atoms with Crippen LogP contribution >= 0.6 is 0 Å². The highest BCUT2D eigenvalue weighted by atomic mass is 16.6. The van der Waals surface area contributed by atoms with E-state index in [0.717, 1.165) is 45.0 Å². The molecule has 0 radical (unpaired) electrons. The van der Waals surface area contributed by atoms with Gasteiger partial charge in [0.1, 0.15) is 0 Å². The minimum absolute atomic E-state index is 0.127. The predicted molar refractivity (Wildman–Crippen MR) is 70.9 cm³/mol. The highest BCUT2D eigenvalue weighted by Gasteiger charge is 2.08. The second-order valence-electron chi connectivity index (χ2n) is 4.32. The topological polar surface area (TPSA) is 70.4 Å². The van der Waals surface area contributed by atoms with Crippen LogP contribution in [0.15, 0.2) is 24.3 Å². The number of benzene rings is 1. The molecule has 6 nitrogen and oxygen atoms in total. The summed E-state index contributed by atoms with van der Waals surface area (Å²) in [7, 11) is 0. The van der Waals surface area contributed by atoms with Crippen LogP contribution in [-0.2, 0) is 0 Å². The van der Waals surface area contributed by atoms with E-state index in [0.29, 0.717) is 0 Å². The van der Waals surface area contributed by atoms with E-state index in [4.69, 9.17) is 0 Å². The summed E-state index contributed by atoms with van der Waals surface area (Å²) in [6.07, 6.45) is 0. The Balaban J connectivity index is 1.74. The number of non-ortho nitro benzene ring substituents is 1. The van der Waals surface area contributed by atoms with Crippen molar-refractivity contribution in [3.05, 3.63) is 34.4 Å². The number of nitro benzene ring substituents is 1. The first kappa shape index (κ1) is 12.8. The van der Waals surface area contributed by atoms with Crippen LogP contribution < -0.4 is 10.6 Å². The van der Waals surface area contributed by atoms with Crippen LogP contribution in [0.3, 0.4) is 0 Å². The fourth-order valence-corrected chi connectivity index (χ4v) is 1.99. The molecule has 0 saturated carbocycles. The van der Waals surface area contributed by atoms with Crippen molar-refractivity contribution in [2.45, 2.75) is 0 Å². The van der Waals surface area contributed by atoms with Crippen molar-refractivity contribution in [2.75, 3.05) is 44.6 Å². The summed E-state index contributed by atoms with van der Waals surface area (Å²) in [5.74, 6) is 0. The van der Waals surface area contributed by atoms with Crippen LogP contribution in [-0.4, -0.2) is 49.1 Å². The lowest BCUT2D eigenvalue weighted by Crippen LogP contribution is -2.45. The molecule has 0 amide bonds. The van der Waals surface area contributed by atoms with Gasteiger partial charge in [0.05, 0.1) is 4.92 Å². The van der Waals surface area contributed by atoms with Gasteiger partial charge in [-0.15, -0.1) is 0 Å². The quantitative estimate of drug-likeness (QED) is 0.600.